The number of halogens is 1. The fourth-order valence-electron chi connectivity index (χ4n) is 2.75. The van der Waals surface area contributed by atoms with Crippen LogP contribution in [0.4, 0.5) is 0 Å². The Morgan fingerprint density at radius 1 is 1.33 bits per heavy atom. The molecule has 0 bridgehead atoms. The minimum atomic E-state index is -3.43. The molecular formula is C16H26ClN3O3S. The molecule has 24 heavy (non-hydrogen) atoms. The molecule has 0 radical (unpaired) electrons. The van der Waals surface area contributed by atoms with Gasteiger partial charge in [0, 0.05) is 6.42 Å². The molecule has 0 spiro atoms. The van der Waals surface area contributed by atoms with Gasteiger partial charge in [0.05, 0.1) is 10.9 Å². The van der Waals surface area contributed by atoms with Crippen molar-refractivity contribution in [2.24, 2.45) is 5.92 Å². The van der Waals surface area contributed by atoms with Crippen molar-refractivity contribution in [3.63, 3.8) is 0 Å². The Morgan fingerprint density at radius 3 is 2.54 bits per heavy atom. The summed E-state index contributed by atoms with van der Waals surface area (Å²) < 4.78 is 25.6. The summed E-state index contributed by atoms with van der Waals surface area (Å²) in [5.41, 5.74) is 0.885. The molecule has 3 N–H and O–H groups in total. The van der Waals surface area contributed by atoms with Gasteiger partial charge in [0.25, 0.3) is 0 Å². The van der Waals surface area contributed by atoms with Gasteiger partial charge in [-0.25, -0.2) is 13.1 Å². The van der Waals surface area contributed by atoms with Crippen molar-refractivity contribution < 1.29 is 13.2 Å². The van der Waals surface area contributed by atoms with E-state index in [9.17, 15) is 13.2 Å². The third kappa shape index (κ3) is 5.73. The summed E-state index contributed by atoms with van der Waals surface area (Å²) in [6.45, 7) is 3.95. The molecule has 0 aromatic heterocycles. The maximum atomic E-state index is 12.0. The number of carbonyl (C=O) groups excluding carboxylic acids is 1. The van der Waals surface area contributed by atoms with Gasteiger partial charge >= 0.3 is 0 Å². The van der Waals surface area contributed by atoms with Gasteiger partial charge in [-0.05, 0) is 63.5 Å². The topological polar surface area (TPSA) is 87.3 Å². The van der Waals surface area contributed by atoms with E-state index in [0.717, 1.165) is 31.5 Å². The SMILES string of the molecule is CNS(=O)(=O)c1ccc(C(C)NC(=O)CCC2CCNC2)cc1.Cl. The van der Waals surface area contributed by atoms with E-state index in [1.807, 2.05) is 6.92 Å². The highest BCUT2D eigenvalue weighted by Crippen LogP contribution is 2.18. The van der Waals surface area contributed by atoms with Gasteiger partial charge in [-0.2, -0.15) is 0 Å². The lowest BCUT2D eigenvalue weighted by atomic mass is 10.0. The van der Waals surface area contributed by atoms with E-state index in [-0.39, 0.29) is 29.3 Å². The predicted molar refractivity (Wildman–Crippen MR) is 96.7 cm³/mol. The predicted octanol–water partition coefficient (Wildman–Crippen LogP) is 1.58. The first-order valence-corrected chi connectivity index (χ1v) is 9.44. The Labute approximate surface area is 150 Å². The number of benzene rings is 1. The van der Waals surface area contributed by atoms with E-state index in [1.165, 1.54) is 7.05 Å². The van der Waals surface area contributed by atoms with E-state index in [1.54, 1.807) is 24.3 Å². The molecule has 1 aliphatic heterocycles. The molecule has 1 aliphatic rings. The first kappa shape index (κ1) is 20.9. The molecule has 1 fully saturated rings. The lowest BCUT2D eigenvalue weighted by molar-refractivity contribution is -0.122. The Kier molecular flexibility index (Phi) is 8.15. The van der Waals surface area contributed by atoms with Crippen LogP contribution in [0.5, 0.6) is 0 Å². The molecule has 0 aliphatic carbocycles. The fraction of sp³-hybridized carbons (Fsp3) is 0.562. The Morgan fingerprint density at radius 2 is 2.00 bits per heavy atom. The molecule has 2 unspecified atom stereocenters. The Balaban J connectivity index is 0.00000288. The molecule has 2 rings (SSSR count). The molecule has 1 saturated heterocycles. The van der Waals surface area contributed by atoms with Gasteiger partial charge in [0.1, 0.15) is 0 Å². The normalized spacial score (nSPS) is 18.7. The minimum Gasteiger partial charge on any atom is -0.350 e. The highest BCUT2D eigenvalue weighted by atomic mass is 35.5. The molecule has 1 aromatic rings. The smallest absolute Gasteiger partial charge is 0.240 e. The summed E-state index contributed by atoms with van der Waals surface area (Å²) in [6, 6.07) is 6.42. The van der Waals surface area contributed by atoms with Crippen molar-refractivity contribution in [1.29, 1.82) is 0 Å². The van der Waals surface area contributed by atoms with E-state index in [0.29, 0.717) is 12.3 Å². The lowest BCUT2D eigenvalue weighted by Crippen LogP contribution is -2.27. The molecule has 1 aromatic carbocycles. The number of hydrogen-bond acceptors (Lipinski definition) is 4. The lowest BCUT2D eigenvalue weighted by Gasteiger charge is -2.16. The van der Waals surface area contributed by atoms with Crippen LogP contribution in [0.3, 0.4) is 0 Å². The van der Waals surface area contributed by atoms with Gasteiger partial charge in [-0.15, -0.1) is 12.4 Å². The summed E-state index contributed by atoms with van der Waals surface area (Å²) >= 11 is 0. The monoisotopic (exact) mass is 375 g/mol. The van der Waals surface area contributed by atoms with Crippen LogP contribution in [0.1, 0.15) is 37.8 Å². The molecule has 0 saturated carbocycles. The summed E-state index contributed by atoms with van der Waals surface area (Å²) in [5, 5.41) is 6.27. The number of nitrogens with one attached hydrogen (secondary N) is 3. The van der Waals surface area contributed by atoms with Crippen molar-refractivity contribution in [1.82, 2.24) is 15.4 Å². The second-order valence-electron chi connectivity index (χ2n) is 5.96. The van der Waals surface area contributed by atoms with E-state index < -0.39 is 10.0 Å². The maximum absolute atomic E-state index is 12.0. The summed E-state index contributed by atoms with van der Waals surface area (Å²) in [5.74, 6) is 0.637. The average Bonchev–Trinajstić information content (AvgIpc) is 3.06. The van der Waals surface area contributed by atoms with E-state index >= 15 is 0 Å². The fourth-order valence-corrected chi connectivity index (χ4v) is 3.48. The first-order chi connectivity index (χ1) is 10.9. The van der Waals surface area contributed by atoms with Crippen LogP contribution in [0.2, 0.25) is 0 Å². The van der Waals surface area contributed by atoms with Crippen LogP contribution in [-0.4, -0.2) is 34.5 Å². The highest BCUT2D eigenvalue weighted by Gasteiger charge is 2.17. The van der Waals surface area contributed by atoms with Crippen LogP contribution >= 0.6 is 12.4 Å². The molecule has 1 heterocycles. The molecule has 1 amide bonds. The number of carbonyl (C=O) groups is 1. The highest BCUT2D eigenvalue weighted by molar-refractivity contribution is 7.89. The van der Waals surface area contributed by atoms with Crippen molar-refractivity contribution in [3.05, 3.63) is 29.8 Å². The van der Waals surface area contributed by atoms with Crippen molar-refractivity contribution >= 4 is 28.3 Å². The second kappa shape index (κ2) is 9.36. The molecular weight excluding hydrogens is 350 g/mol. The zero-order valence-electron chi connectivity index (χ0n) is 14.0. The first-order valence-electron chi connectivity index (χ1n) is 7.96. The van der Waals surface area contributed by atoms with Gasteiger partial charge < -0.3 is 10.6 Å². The average molecular weight is 376 g/mol. The van der Waals surface area contributed by atoms with Crippen molar-refractivity contribution in [2.75, 3.05) is 20.1 Å². The standard InChI is InChI=1S/C16H25N3O3S.ClH/c1-12(19-16(20)8-3-13-9-10-18-11-13)14-4-6-15(7-5-14)23(21,22)17-2;/h4-7,12-13,17-18H,3,8-11H2,1-2H3,(H,19,20);1H. The molecule has 8 heteroatoms. The van der Waals surface area contributed by atoms with Crippen LogP contribution in [0, 0.1) is 5.92 Å². The molecule has 6 nitrogen and oxygen atoms in total. The Bertz CT molecular complexity index is 628. The molecule has 2 atom stereocenters. The van der Waals surface area contributed by atoms with Crippen molar-refractivity contribution in [2.45, 2.75) is 37.1 Å². The maximum Gasteiger partial charge on any atom is 0.240 e. The zero-order valence-corrected chi connectivity index (χ0v) is 15.7. The summed E-state index contributed by atoms with van der Waals surface area (Å²) in [7, 11) is -2.04. The zero-order chi connectivity index (χ0) is 16.9. The molecule has 136 valence electrons. The van der Waals surface area contributed by atoms with Gasteiger partial charge in [0.2, 0.25) is 15.9 Å². The number of hydrogen-bond donors (Lipinski definition) is 3. The van der Waals surface area contributed by atoms with Gasteiger partial charge in [-0.3, -0.25) is 4.79 Å². The second-order valence-corrected chi connectivity index (χ2v) is 7.85. The van der Waals surface area contributed by atoms with Gasteiger partial charge in [0.15, 0.2) is 0 Å². The van der Waals surface area contributed by atoms with Crippen LogP contribution in [-0.2, 0) is 14.8 Å². The number of amides is 1. The van der Waals surface area contributed by atoms with E-state index in [4.69, 9.17) is 0 Å². The largest absolute Gasteiger partial charge is 0.350 e. The van der Waals surface area contributed by atoms with E-state index in [2.05, 4.69) is 15.4 Å². The van der Waals surface area contributed by atoms with Crippen LogP contribution in [0.15, 0.2) is 29.2 Å². The van der Waals surface area contributed by atoms with Gasteiger partial charge in [-0.1, -0.05) is 12.1 Å². The number of sulfonamides is 1. The minimum absolute atomic E-state index is 0. The third-order valence-electron chi connectivity index (χ3n) is 4.28. The quantitative estimate of drug-likeness (QED) is 0.675. The van der Waals surface area contributed by atoms with Crippen LogP contribution in [0.25, 0.3) is 0 Å². The van der Waals surface area contributed by atoms with Crippen molar-refractivity contribution in [3.8, 4) is 0 Å². The Hall–Kier alpha value is -1.15. The summed E-state index contributed by atoms with van der Waals surface area (Å²) in [4.78, 5) is 12.2. The third-order valence-corrected chi connectivity index (χ3v) is 5.71. The van der Waals surface area contributed by atoms with Crippen LogP contribution < -0.4 is 15.4 Å². The summed E-state index contributed by atoms with van der Waals surface area (Å²) in [6.07, 6.45) is 2.58. The number of rotatable bonds is 7.